The molecule has 0 aliphatic heterocycles. The molecule has 134 valence electrons. The second kappa shape index (κ2) is 8.20. The monoisotopic (exact) mass is 389 g/mol. The molecule has 0 fully saturated rings. The van der Waals surface area contributed by atoms with Crippen LogP contribution in [0.4, 0.5) is 5.69 Å². The summed E-state index contributed by atoms with van der Waals surface area (Å²) in [5.74, 6) is 0.342. The third-order valence-corrected chi connectivity index (χ3v) is 5.14. The number of hydrogen-bond donors (Lipinski definition) is 1. The molecule has 1 aromatic heterocycles. The predicted molar refractivity (Wildman–Crippen MR) is 100 cm³/mol. The van der Waals surface area contributed by atoms with Crippen molar-refractivity contribution in [1.29, 1.82) is 0 Å². The standard InChI is InChI=1S/C17H16ClN5O2S/c1-23-17(20-21-22-23)26-15(11-6-4-3-5-7-11)16(24)19-12-8-9-14(25-2)13(18)10-12/h3-10,15H,1-2H3,(H,19,24). The summed E-state index contributed by atoms with van der Waals surface area (Å²) in [6.45, 7) is 0. The van der Waals surface area contributed by atoms with Gasteiger partial charge in [0.05, 0.1) is 12.1 Å². The number of anilines is 1. The average molecular weight is 390 g/mol. The third-order valence-electron chi connectivity index (χ3n) is 3.56. The number of thioether (sulfide) groups is 1. The molecule has 0 bridgehead atoms. The normalized spacial score (nSPS) is 11.8. The Hall–Kier alpha value is -2.58. The minimum absolute atomic E-state index is 0.203. The SMILES string of the molecule is COc1ccc(NC(=O)C(Sc2nnnn2C)c2ccccc2)cc1Cl. The summed E-state index contributed by atoms with van der Waals surface area (Å²) in [7, 11) is 3.27. The molecule has 2 aromatic carbocycles. The Morgan fingerprint density at radius 3 is 2.65 bits per heavy atom. The Kier molecular flexibility index (Phi) is 5.75. The first kappa shape index (κ1) is 18.2. The number of carbonyl (C=O) groups is 1. The zero-order valence-electron chi connectivity index (χ0n) is 14.1. The fourth-order valence-electron chi connectivity index (χ4n) is 2.28. The van der Waals surface area contributed by atoms with Crippen molar-refractivity contribution >= 4 is 35.0 Å². The van der Waals surface area contributed by atoms with Gasteiger partial charge in [0, 0.05) is 12.7 Å². The third kappa shape index (κ3) is 4.14. The van der Waals surface area contributed by atoms with Gasteiger partial charge in [0.15, 0.2) is 0 Å². The number of aromatic nitrogens is 4. The highest BCUT2D eigenvalue weighted by Gasteiger charge is 2.24. The quantitative estimate of drug-likeness (QED) is 0.651. The molecule has 0 saturated heterocycles. The van der Waals surface area contributed by atoms with Gasteiger partial charge in [-0.3, -0.25) is 4.79 Å². The van der Waals surface area contributed by atoms with Crippen molar-refractivity contribution < 1.29 is 9.53 Å². The maximum Gasteiger partial charge on any atom is 0.242 e. The van der Waals surface area contributed by atoms with Gasteiger partial charge in [-0.1, -0.05) is 53.7 Å². The van der Waals surface area contributed by atoms with Crippen LogP contribution in [-0.4, -0.2) is 33.2 Å². The Morgan fingerprint density at radius 2 is 2.04 bits per heavy atom. The van der Waals surface area contributed by atoms with Gasteiger partial charge in [0.2, 0.25) is 11.1 Å². The van der Waals surface area contributed by atoms with Crippen LogP contribution in [0.1, 0.15) is 10.8 Å². The van der Waals surface area contributed by atoms with E-state index in [4.69, 9.17) is 16.3 Å². The summed E-state index contributed by atoms with van der Waals surface area (Å²) < 4.78 is 6.66. The Morgan fingerprint density at radius 1 is 1.27 bits per heavy atom. The number of ether oxygens (including phenoxy) is 1. The number of benzene rings is 2. The van der Waals surface area contributed by atoms with E-state index in [0.29, 0.717) is 21.6 Å². The second-order valence-corrected chi connectivity index (χ2v) is 6.81. The Labute approximate surface area is 159 Å². The Bertz CT molecular complexity index is 903. The van der Waals surface area contributed by atoms with Crippen molar-refractivity contribution in [2.75, 3.05) is 12.4 Å². The van der Waals surface area contributed by atoms with E-state index in [1.807, 2.05) is 30.3 Å². The van der Waals surface area contributed by atoms with E-state index in [-0.39, 0.29) is 5.91 Å². The number of methoxy groups -OCH3 is 1. The maximum atomic E-state index is 12.9. The number of aryl methyl sites for hydroxylation is 1. The van der Waals surface area contributed by atoms with Crippen molar-refractivity contribution in [2.45, 2.75) is 10.4 Å². The lowest BCUT2D eigenvalue weighted by molar-refractivity contribution is -0.115. The van der Waals surface area contributed by atoms with Crippen LogP contribution in [0.3, 0.4) is 0 Å². The van der Waals surface area contributed by atoms with Crippen molar-refractivity contribution in [2.24, 2.45) is 7.05 Å². The molecule has 1 heterocycles. The van der Waals surface area contributed by atoms with E-state index in [1.54, 1.807) is 25.2 Å². The van der Waals surface area contributed by atoms with Gasteiger partial charge >= 0.3 is 0 Å². The fraction of sp³-hybridized carbons (Fsp3) is 0.176. The summed E-state index contributed by atoms with van der Waals surface area (Å²) in [5, 5.41) is 14.7. The number of amides is 1. The highest BCUT2D eigenvalue weighted by Crippen LogP contribution is 2.35. The molecule has 0 aliphatic rings. The van der Waals surface area contributed by atoms with Gasteiger partial charge < -0.3 is 10.1 Å². The van der Waals surface area contributed by atoms with Crippen LogP contribution in [-0.2, 0) is 11.8 Å². The summed E-state index contributed by atoms with van der Waals surface area (Å²) in [6, 6.07) is 14.5. The van der Waals surface area contributed by atoms with Crippen LogP contribution in [0, 0.1) is 0 Å². The molecule has 26 heavy (non-hydrogen) atoms. The molecule has 1 unspecified atom stereocenters. The molecule has 3 aromatic rings. The highest BCUT2D eigenvalue weighted by molar-refractivity contribution is 8.00. The van der Waals surface area contributed by atoms with E-state index in [0.717, 1.165) is 5.56 Å². The molecule has 3 rings (SSSR count). The lowest BCUT2D eigenvalue weighted by Crippen LogP contribution is -2.19. The number of tetrazole rings is 1. The van der Waals surface area contributed by atoms with Gasteiger partial charge in [-0.25, -0.2) is 4.68 Å². The first-order valence-electron chi connectivity index (χ1n) is 7.67. The number of halogens is 1. The summed E-state index contributed by atoms with van der Waals surface area (Å²) in [4.78, 5) is 12.9. The number of hydrogen-bond acceptors (Lipinski definition) is 6. The zero-order chi connectivity index (χ0) is 18.5. The first-order chi connectivity index (χ1) is 12.6. The Balaban J connectivity index is 1.85. The number of nitrogens with one attached hydrogen (secondary N) is 1. The van der Waals surface area contributed by atoms with E-state index in [2.05, 4.69) is 20.8 Å². The van der Waals surface area contributed by atoms with E-state index >= 15 is 0 Å². The topological polar surface area (TPSA) is 81.9 Å². The lowest BCUT2D eigenvalue weighted by Gasteiger charge is -2.16. The summed E-state index contributed by atoms with van der Waals surface area (Å²) in [5.41, 5.74) is 1.43. The molecular weight excluding hydrogens is 374 g/mol. The molecule has 1 N–H and O–H groups in total. The van der Waals surface area contributed by atoms with Crippen LogP contribution in [0.2, 0.25) is 5.02 Å². The molecular formula is C17H16ClN5O2S. The molecule has 9 heteroatoms. The molecule has 0 saturated carbocycles. The minimum Gasteiger partial charge on any atom is -0.495 e. The number of nitrogens with zero attached hydrogens (tertiary/aromatic N) is 4. The van der Waals surface area contributed by atoms with Crippen molar-refractivity contribution in [3.63, 3.8) is 0 Å². The fourth-order valence-corrected chi connectivity index (χ4v) is 3.48. The van der Waals surface area contributed by atoms with E-state index in [9.17, 15) is 4.79 Å². The predicted octanol–water partition coefficient (Wildman–Crippen LogP) is 3.34. The molecule has 1 atom stereocenters. The van der Waals surface area contributed by atoms with Gasteiger partial charge in [-0.05, 0) is 34.2 Å². The minimum atomic E-state index is -0.526. The van der Waals surface area contributed by atoms with Crippen molar-refractivity contribution in [3.05, 3.63) is 59.1 Å². The van der Waals surface area contributed by atoms with Crippen molar-refractivity contribution in [3.8, 4) is 5.75 Å². The smallest absolute Gasteiger partial charge is 0.242 e. The lowest BCUT2D eigenvalue weighted by atomic mass is 10.1. The van der Waals surface area contributed by atoms with Crippen molar-refractivity contribution in [1.82, 2.24) is 20.2 Å². The van der Waals surface area contributed by atoms with Crippen LogP contribution in [0.25, 0.3) is 0 Å². The molecule has 0 spiro atoms. The van der Waals surface area contributed by atoms with Gasteiger partial charge in [0.1, 0.15) is 11.0 Å². The molecule has 7 nitrogen and oxygen atoms in total. The van der Waals surface area contributed by atoms with Gasteiger partial charge in [-0.15, -0.1) is 5.10 Å². The van der Waals surface area contributed by atoms with E-state index in [1.165, 1.54) is 23.6 Å². The van der Waals surface area contributed by atoms with Crippen LogP contribution < -0.4 is 10.1 Å². The maximum absolute atomic E-state index is 12.9. The van der Waals surface area contributed by atoms with Crippen LogP contribution in [0.15, 0.2) is 53.7 Å². The second-order valence-electron chi connectivity index (χ2n) is 5.33. The molecule has 1 amide bonds. The van der Waals surface area contributed by atoms with Crippen LogP contribution in [0.5, 0.6) is 5.75 Å². The van der Waals surface area contributed by atoms with Gasteiger partial charge in [-0.2, -0.15) is 0 Å². The summed E-state index contributed by atoms with van der Waals surface area (Å²) in [6.07, 6.45) is 0. The van der Waals surface area contributed by atoms with Gasteiger partial charge in [0.25, 0.3) is 0 Å². The largest absolute Gasteiger partial charge is 0.495 e. The van der Waals surface area contributed by atoms with E-state index < -0.39 is 5.25 Å². The van der Waals surface area contributed by atoms with Crippen LogP contribution >= 0.6 is 23.4 Å². The highest BCUT2D eigenvalue weighted by atomic mass is 35.5. The summed E-state index contributed by atoms with van der Waals surface area (Å²) >= 11 is 7.41. The molecule has 0 radical (unpaired) electrons. The number of rotatable bonds is 6. The number of carbonyl (C=O) groups excluding carboxylic acids is 1. The first-order valence-corrected chi connectivity index (χ1v) is 8.92. The zero-order valence-corrected chi connectivity index (χ0v) is 15.7. The average Bonchev–Trinajstić information content (AvgIpc) is 3.05. The molecule has 0 aliphatic carbocycles.